The Hall–Kier alpha value is -3.53. The van der Waals surface area contributed by atoms with E-state index in [0.29, 0.717) is 43.5 Å². The van der Waals surface area contributed by atoms with Crippen LogP contribution >= 0.6 is 0 Å². The van der Waals surface area contributed by atoms with Crippen molar-refractivity contribution in [2.45, 2.75) is 64.7 Å². The number of fused-ring (bicyclic) bond motifs is 1. The summed E-state index contributed by atoms with van der Waals surface area (Å²) in [7, 11) is 1.11. The second-order valence-electron chi connectivity index (χ2n) is 12.3. The molecule has 1 radical (unpaired) electrons. The number of aromatic nitrogens is 4. The van der Waals surface area contributed by atoms with Crippen molar-refractivity contribution < 1.29 is 14.0 Å². The fraction of sp³-hybridized carbons (Fsp3) is 0.483. The molecule has 0 saturated heterocycles. The van der Waals surface area contributed by atoms with Crippen LogP contribution in [0, 0.1) is 18.3 Å². The fourth-order valence-electron chi connectivity index (χ4n) is 4.75. The van der Waals surface area contributed by atoms with Crippen LogP contribution in [0.1, 0.15) is 44.5 Å². The summed E-state index contributed by atoms with van der Waals surface area (Å²) in [6, 6.07) is 10.0. The number of aryl methyl sites for hydroxylation is 1. The summed E-state index contributed by atoms with van der Waals surface area (Å²) in [6.45, 7) is 17.3. The molecule has 1 aliphatic heterocycles. The lowest BCUT2D eigenvalue weighted by atomic mass is 9.83. The van der Waals surface area contributed by atoms with Crippen LogP contribution in [-0.2, 0) is 25.9 Å². The van der Waals surface area contributed by atoms with Gasteiger partial charge in [0, 0.05) is 49.2 Å². The Morgan fingerprint density at radius 3 is 2.71 bits per heavy atom. The summed E-state index contributed by atoms with van der Waals surface area (Å²) in [5.41, 5.74) is 4.08. The molecule has 12 heteroatoms. The fourth-order valence-corrected chi connectivity index (χ4v) is 5.86. The predicted molar refractivity (Wildman–Crippen MR) is 165 cm³/mol. The number of hydrogen-bond acceptors (Lipinski definition) is 9. The average molecular weight is 573 g/mol. The zero-order valence-corrected chi connectivity index (χ0v) is 26.3. The van der Waals surface area contributed by atoms with E-state index in [1.165, 1.54) is 7.41 Å². The van der Waals surface area contributed by atoms with Crippen molar-refractivity contribution in [3.63, 3.8) is 0 Å². The summed E-state index contributed by atoms with van der Waals surface area (Å²) >= 11 is 0. The van der Waals surface area contributed by atoms with Gasteiger partial charge in [0.25, 0.3) is 0 Å². The van der Waals surface area contributed by atoms with Gasteiger partial charge in [-0.1, -0.05) is 27.7 Å². The van der Waals surface area contributed by atoms with Crippen molar-refractivity contribution in [1.29, 1.82) is 5.26 Å². The molecule has 0 amide bonds. The Morgan fingerprint density at radius 1 is 1.29 bits per heavy atom. The number of carbonyl (C=O) groups excluding carboxylic acids is 1. The summed E-state index contributed by atoms with van der Waals surface area (Å²) in [4.78, 5) is 22.6. The Labute approximate surface area is 244 Å². The number of rotatable bonds is 11. The molecule has 1 atom stereocenters. The van der Waals surface area contributed by atoms with Crippen LogP contribution in [0.15, 0.2) is 30.5 Å². The minimum absolute atomic E-state index is 0.0565. The summed E-state index contributed by atoms with van der Waals surface area (Å²) in [6.07, 6.45) is 2.46. The summed E-state index contributed by atoms with van der Waals surface area (Å²) in [5.74, 6) is 1.18. The maximum atomic E-state index is 11.5. The van der Waals surface area contributed by atoms with Gasteiger partial charge in [-0.15, -0.1) is 0 Å². The standard InChI is InChI=1S/C29H39BN7O3Si/c1-20-13-25(37(35-20)11-12-39-6)34-27-32-10-9-24(33-27)21-14-22(16-31)26-23(15-21)29(5,17-36(26)30-19-38)18-40-41(7,8)28(2,3)4/h9-10,13-15,19H,11-12,17-18H2,1-8H3,(H,32,33,34)/t29-/m1/s1. The number of hydrogen-bond donors (Lipinski definition) is 1. The first-order valence-corrected chi connectivity index (χ1v) is 16.6. The molecule has 1 N–H and O–H groups in total. The molecule has 3 aromatic rings. The van der Waals surface area contributed by atoms with E-state index in [9.17, 15) is 10.1 Å². The number of nitrogens with one attached hydrogen (secondary N) is 1. The molecular weight excluding hydrogens is 533 g/mol. The van der Waals surface area contributed by atoms with Gasteiger partial charge in [-0.25, -0.2) is 14.6 Å². The lowest BCUT2D eigenvalue weighted by molar-refractivity contribution is 0.184. The van der Waals surface area contributed by atoms with Crippen molar-refractivity contribution in [3.05, 3.63) is 47.3 Å². The molecule has 4 rings (SSSR count). The largest absolute Gasteiger partial charge is 0.416 e. The Bertz CT molecular complexity index is 1460. The van der Waals surface area contributed by atoms with Crippen LogP contribution in [0.2, 0.25) is 18.1 Å². The number of methoxy groups -OCH3 is 1. The van der Waals surface area contributed by atoms with Gasteiger partial charge in [-0.3, -0.25) is 0 Å². The van der Waals surface area contributed by atoms with E-state index in [1.54, 1.807) is 13.3 Å². The van der Waals surface area contributed by atoms with Crippen molar-refractivity contribution >= 4 is 39.4 Å². The van der Waals surface area contributed by atoms with Crippen LogP contribution in [0.25, 0.3) is 11.3 Å². The smallest absolute Gasteiger partial charge is 0.329 e. The van der Waals surface area contributed by atoms with Crippen molar-refractivity contribution in [2.75, 3.05) is 37.0 Å². The highest BCUT2D eigenvalue weighted by atomic mass is 28.4. The number of nitrogens with zero attached hydrogens (tertiary/aromatic N) is 6. The first-order valence-electron chi connectivity index (χ1n) is 13.7. The van der Waals surface area contributed by atoms with Crippen LogP contribution in [0.4, 0.5) is 17.5 Å². The predicted octanol–water partition coefficient (Wildman–Crippen LogP) is 4.82. The Balaban J connectivity index is 1.72. The number of nitriles is 1. The number of carbonyl (C=O) groups is 1. The molecule has 0 aliphatic carbocycles. The normalized spacial score (nSPS) is 16.8. The van der Waals surface area contributed by atoms with E-state index in [1.807, 2.05) is 34.6 Å². The van der Waals surface area contributed by atoms with E-state index in [4.69, 9.17) is 14.1 Å². The number of anilines is 3. The van der Waals surface area contributed by atoms with Gasteiger partial charge in [0.05, 0.1) is 30.1 Å². The van der Waals surface area contributed by atoms with Crippen LogP contribution < -0.4 is 10.1 Å². The maximum Gasteiger partial charge on any atom is 0.329 e. The lowest BCUT2D eigenvalue weighted by Gasteiger charge is -2.39. The van der Waals surface area contributed by atoms with E-state index < -0.39 is 13.7 Å². The third kappa shape index (κ3) is 6.37. The molecule has 2 aromatic heterocycles. The molecule has 1 aromatic carbocycles. The van der Waals surface area contributed by atoms with Crippen molar-refractivity contribution in [1.82, 2.24) is 19.7 Å². The first kappa shape index (κ1) is 30.4. The van der Waals surface area contributed by atoms with Crippen LogP contribution in [-0.4, -0.2) is 68.5 Å². The molecular formula is C29H39BN7O3Si. The molecule has 215 valence electrons. The Morgan fingerprint density at radius 2 is 2.05 bits per heavy atom. The van der Waals surface area contributed by atoms with E-state index in [0.717, 1.165) is 34.5 Å². The molecule has 41 heavy (non-hydrogen) atoms. The molecule has 0 unspecified atom stereocenters. The summed E-state index contributed by atoms with van der Waals surface area (Å²) in [5, 5.41) is 18.0. The minimum Gasteiger partial charge on any atom is -0.416 e. The molecule has 3 heterocycles. The average Bonchev–Trinajstić information content (AvgIpc) is 3.41. The Kier molecular flexibility index (Phi) is 8.73. The van der Waals surface area contributed by atoms with Gasteiger partial charge in [0.15, 0.2) is 8.32 Å². The van der Waals surface area contributed by atoms with Crippen LogP contribution in [0.3, 0.4) is 0 Å². The zero-order chi connectivity index (χ0) is 30.0. The van der Waals surface area contributed by atoms with Gasteiger partial charge in [0.2, 0.25) is 5.95 Å². The summed E-state index contributed by atoms with van der Waals surface area (Å²) < 4.78 is 13.7. The molecule has 10 nitrogen and oxygen atoms in total. The third-order valence-corrected chi connectivity index (χ3v) is 12.6. The topological polar surface area (TPSA) is 118 Å². The molecule has 0 spiro atoms. The van der Waals surface area contributed by atoms with E-state index in [2.05, 4.69) is 68.3 Å². The quantitative estimate of drug-likeness (QED) is 0.255. The SMILES string of the molecule is COCCn1nc(C)cc1Nc1nccc(-c2cc(C#N)c3c(c2)[C@@](C)(CO[Si](C)(C)C(C)(C)C)CN3[B]C=O)n1. The van der Waals surface area contributed by atoms with Gasteiger partial charge in [-0.2, -0.15) is 10.4 Å². The molecule has 0 saturated carbocycles. The molecule has 0 bridgehead atoms. The molecule has 0 fully saturated rings. The van der Waals surface area contributed by atoms with Gasteiger partial charge in [-0.05, 0) is 48.8 Å². The highest BCUT2D eigenvalue weighted by molar-refractivity contribution is 6.74. The zero-order valence-electron chi connectivity index (χ0n) is 25.3. The van der Waals surface area contributed by atoms with Crippen molar-refractivity contribution in [2.24, 2.45) is 0 Å². The van der Waals surface area contributed by atoms with Gasteiger partial charge < -0.3 is 24.1 Å². The monoisotopic (exact) mass is 572 g/mol. The maximum absolute atomic E-state index is 11.5. The first-order chi connectivity index (χ1) is 19.3. The lowest BCUT2D eigenvalue weighted by Crippen LogP contribution is -2.46. The van der Waals surface area contributed by atoms with Gasteiger partial charge >= 0.3 is 7.41 Å². The van der Waals surface area contributed by atoms with Crippen LogP contribution in [0.5, 0.6) is 0 Å². The highest BCUT2D eigenvalue weighted by Gasteiger charge is 2.44. The number of ether oxygens (including phenoxy) is 1. The van der Waals surface area contributed by atoms with Gasteiger partial charge in [0.1, 0.15) is 18.1 Å². The second kappa shape index (κ2) is 11.8. The second-order valence-corrected chi connectivity index (χ2v) is 17.1. The highest BCUT2D eigenvalue weighted by Crippen LogP contribution is 2.46. The van der Waals surface area contributed by atoms with Crippen molar-refractivity contribution in [3.8, 4) is 17.3 Å². The third-order valence-electron chi connectivity index (χ3n) is 8.09. The minimum atomic E-state index is -2.04. The van der Waals surface area contributed by atoms with E-state index >= 15 is 0 Å². The van der Waals surface area contributed by atoms with E-state index in [-0.39, 0.29) is 5.04 Å². The molecule has 1 aliphatic rings. The number of benzene rings is 1.